The molecule has 0 aliphatic carbocycles. The summed E-state index contributed by atoms with van der Waals surface area (Å²) in [5, 5.41) is 13.1. The summed E-state index contributed by atoms with van der Waals surface area (Å²) >= 11 is 1.25. The van der Waals surface area contributed by atoms with Gasteiger partial charge in [-0.15, -0.1) is 10.2 Å². The highest BCUT2D eigenvalue weighted by atomic mass is 32.2. The number of aryl methyl sites for hydroxylation is 3. The minimum Gasteiger partial charge on any atom is -0.486 e. The average molecular weight is 494 g/mol. The molecule has 1 aliphatic heterocycles. The van der Waals surface area contributed by atoms with E-state index in [0.717, 1.165) is 34.3 Å². The molecule has 4 aromatic rings. The second kappa shape index (κ2) is 9.14. The quantitative estimate of drug-likeness (QED) is 0.237. The van der Waals surface area contributed by atoms with Crippen molar-refractivity contribution in [1.82, 2.24) is 29.2 Å². The van der Waals surface area contributed by atoms with Crippen molar-refractivity contribution in [1.29, 1.82) is 0 Å². The van der Waals surface area contributed by atoms with Crippen molar-refractivity contribution in [3.05, 3.63) is 64.7 Å². The predicted molar refractivity (Wildman–Crippen MR) is 132 cm³/mol. The largest absolute Gasteiger partial charge is 0.486 e. The van der Waals surface area contributed by atoms with Gasteiger partial charge in [-0.2, -0.15) is 5.10 Å². The smallest absolute Gasteiger partial charge is 0.271 e. The van der Waals surface area contributed by atoms with E-state index in [1.54, 1.807) is 4.68 Å². The number of thioether (sulfide) groups is 1. The molecular weight excluding hydrogens is 466 g/mol. The average Bonchev–Trinajstić information content (AvgIpc) is 3.47. The third kappa shape index (κ3) is 4.39. The lowest BCUT2D eigenvalue weighted by atomic mass is 10.2. The number of Topliss-reactive ketones (excluding diaryl/α,β-unsaturated/α-hetero) is 1. The molecule has 0 amide bonds. The maximum atomic E-state index is 13.1. The number of nitrogens with two attached hydrogens (primary N) is 1. The molecule has 2 N–H and O–H groups in total. The molecular formula is C24H27N7O3S. The molecule has 0 fully saturated rings. The van der Waals surface area contributed by atoms with Crippen LogP contribution >= 0.6 is 11.8 Å². The van der Waals surface area contributed by atoms with Crippen LogP contribution < -0.4 is 15.3 Å². The lowest BCUT2D eigenvalue weighted by Crippen LogP contribution is -2.33. The van der Waals surface area contributed by atoms with Crippen molar-refractivity contribution < 1.29 is 14.3 Å². The maximum Gasteiger partial charge on any atom is 0.271 e. The van der Waals surface area contributed by atoms with Crippen molar-refractivity contribution in [3.8, 4) is 17.4 Å². The number of ketones is 1. The molecule has 35 heavy (non-hydrogen) atoms. The van der Waals surface area contributed by atoms with Gasteiger partial charge in [0.25, 0.3) is 5.95 Å². The molecule has 0 radical (unpaired) electrons. The second-order valence-corrected chi connectivity index (χ2v) is 9.54. The van der Waals surface area contributed by atoms with Crippen LogP contribution in [0.2, 0.25) is 0 Å². The number of nitrogens with zero attached hydrogens (tertiary/aromatic N) is 6. The van der Waals surface area contributed by atoms with Crippen LogP contribution in [0.3, 0.4) is 0 Å². The Kier molecular flexibility index (Phi) is 6.01. The molecule has 4 heterocycles. The van der Waals surface area contributed by atoms with Gasteiger partial charge >= 0.3 is 0 Å². The van der Waals surface area contributed by atoms with E-state index in [2.05, 4.69) is 19.9 Å². The Morgan fingerprint density at radius 2 is 1.89 bits per heavy atom. The molecule has 1 aromatic carbocycles. The fourth-order valence-electron chi connectivity index (χ4n) is 4.27. The van der Waals surface area contributed by atoms with Gasteiger partial charge < -0.3 is 19.9 Å². The first kappa shape index (κ1) is 23.0. The summed E-state index contributed by atoms with van der Waals surface area (Å²) in [5.41, 5.74) is 4.33. The van der Waals surface area contributed by atoms with Gasteiger partial charge in [-0.1, -0.05) is 23.9 Å². The third-order valence-corrected chi connectivity index (χ3v) is 6.95. The lowest BCUT2D eigenvalue weighted by Gasteiger charge is -2.27. The van der Waals surface area contributed by atoms with E-state index < -0.39 is 0 Å². The van der Waals surface area contributed by atoms with Gasteiger partial charge in [0.1, 0.15) is 6.61 Å². The number of hydrogen-bond donors (Lipinski definition) is 1. The molecule has 0 saturated carbocycles. The number of carbonyl (C=O) groups is 1. The molecule has 0 saturated heterocycles. The monoisotopic (exact) mass is 493 g/mol. The zero-order valence-corrected chi connectivity index (χ0v) is 20.9. The highest BCUT2D eigenvalue weighted by Gasteiger charge is 2.24. The van der Waals surface area contributed by atoms with Gasteiger partial charge in [0, 0.05) is 22.6 Å². The predicted octanol–water partition coefficient (Wildman–Crippen LogP) is 3.03. The summed E-state index contributed by atoms with van der Waals surface area (Å²) < 4.78 is 17.1. The van der Waals surface area contributed by atoms with Crippen LogP contribution in [0.5, 0.6) is 11.5 Å². The van der Waals surface area contributed by atoms with Gasteiger partial charge in [0.2, 0.25) is 5.16 Å². The fourth-order valence-corrected chi connectivity index (χ4v) is 5.01. The van der Waals surface area contributed by atoms with Crippen molar-refractivity contribution in [2.75, 3.05) is 18.2 Å². The topological polar surface area (TPSA) is 115 Å². The molecule has 1 aliphatic rings. The molecule has 0 bridgehead atoms. The number of rotatable bonds is 7. The Labute approximate surface area is 207 Å². The molecule has 1 unspecified atom stereocenters. The van der Waals surface area contributed by atoms with E-state index in [9.17, 15) is 4.79 Å². The van der Waals surface area contributed by atoms with E-state index in [1.807, 2.05) is 64.1 Å². The van der Waals surface area contributed by atoms with Gasteiger partial charge in [0.15, 0.2) is 23.4 Å². The van der Waals surface area contributed by atoms with Crippen LogP contribution in [0.15, 0.2) is 41.6 Å². The normalized spacial score (nSPS) is 14.9. The number of hydrogen-bond acceptors (Lipinski definition) is 8. The van der Waals surface area contributed by atoms with Gasteiger partial charge in [-0.3, -0.25) is 4.79 Å². The Morgan fingerprint density at radius 3 is 2.63 bits per heavy atom. The highest BCUT2D eigenvalue weighted by Crippen LogP contribution is 2.32. The fraction of sp³-hybridized carbons (Fsp3) is 0.333. The molecule has 182 valence electrons. The molecule has 10 nitrogen and oxygen atoms in total. The summed E-state index contributed by atoms with van der Waals surface area (Å²) in [5.74, 6) is 8.29. The van der Waals surface area contributed by atoms with E-state index in [0.29, 0.717) is 29.8 Å². The second-order valence-electron chi connectivity index (χ2n) is 8.60. The van der Waals surface area contributed by atoms with Crippen molar-refractivity contribution in [2.24, 2.45) is 0 Å². The van der Waals surface area contributed by atoms with Gasteiger partial charge in [-0.05, 0) is 52.0 Å². The van der Waals surface area contributed by atoms with E-state index in [1.165, 1.54) is 16.4 Å². The zero-order chi connectivity index (χ0) is 24.7. The number of nitrogen functional groups attached to an aromatic ring is 1. The number of benzene rings is 1. The van der Waals surface area contributed by atoms with Gasteiger partial charge in [0.05, 0.1) is 18.0 Å². The first-order valence-electron chi connectivity index (χ1n) is 11.3. The van der Waals surface area contributed by atoms with E-state index in [-0.39, 0.29) is 17.6 Å². The van der Waals surface area contributed by atoms with Crippen LogP contribution in [-0.2, 0) is 6.54 Å². The number of aromatic nitrogens is 6. The van der Waals surface area contributed by atoms with Crippen LogP contribution in [0.1, 0.15) is 33.1 Å². The number of ether oxygens (including phenoxy) is 2. The lowest BCUT2D eigenvalue weighted by molar-refractivity contribution is 0.0777. The zero-order valence-electron chi connectivity index (χ0n) is 20.1. The summed E-state index contributed by atoms with van der Waals surface area (Å²) in [6.07, 6.45) is -0.143. The number of fused-ring (bicyclic) bond motifs is 1. The first-order chi connectivity index (χ1) is 16.8. The Hall–Kier alpha value is -3.73. The number of para-hydroxylation sites is 2. The minimum atomic E-state index is -0.143. The van der Waals surface area contributed by atoms with Crippen LogP contribution in [-0.4, -0.2) is 53.5 Å². The maximum absolute atomic E-state index is 13.1. The van der Waals surface area contributed by atoms with E-state index >= 15 is 0 Å². The van der Waals surface area contributed by atoms with Gasteiger partial charge in [-0.25, -0.2) is 9.36 Å². The SMILES string of the molecule is Cc1cc(C)n(-c2nnc(SCC(=O)c3cc(C)n(CC4COc5ccccc5O4)c3C)n2N)n1. The highest BCUT2D eigenvalue weighted by molar-refractivity contribution is 7.99. The minimum absolute atomic E-state index is 0.00354. The third-order valence-electron chi connectivity index (χ3n) is 6.01. The van der Waals surface area contributed by atoms with E-state index in [4.69, 9.17) is 15.3 Å². The van der Waals surface area contributed by atoms with Crippen molar-refractivity contribution in [2.45, 2.75) is 45.5 Å². The van der Waals surface area contributed by atoms with Crippen LogP contribution in [0.4, 0.5) is 0 Å². The standard InChI is InChI=1S/C24H27N7O3S/c1-14-9-16(3)31(28-14)23-26-27-24(30(23)25)35-13-20(32)19-10-15(2)29(17(19)4)11-18-12-33-21-7-5-6-8-22(21)34-18/h5-10,18H,11-13,25H2,1-4H3. The molecule has 5 rings (SSSR count). The Balaban J connectivity index is 1.27. The van der Waals surface area contributed by atoms with Crippen molar-refractivity contribution >= 4 is 17.5 Å². The summed E-state index contributed by atoms with van der Waals surface area (Å²) in [6, 6.07) is 11.5. The Bertz CT molecular complexity index is 1400. The number of carbonyl (C=O) groups excluding carboxylic acids is 1. The van der Waals surface area contributed by atoms with Crippen LogP contribution in [0, 0.1) is 27.7 Å². The van der Waals surface area contributed by atoms with Crippen LogP contribution in [0.25, 0.3) is 5.95 Å². The molecule has 11 heteroatoms. The molecule has 0 spiro atoms. The first-order valence-corrected chi connectivity index (χ1v) is 12.3. The van der Waals surface area contributed by atoms with Crippen molar-refractivity contribution in [3.63, 3.8) is 0 Å². The molecule has 3 aromatic heterocycles. The summed E-state index contributed by atoms with van der Waals surface area (Å²) in [6.45, 7) is 8.81. The Morgan fingerprint density at radius 1 is 1.11 bits per heavy atom. The molecule has 1 atom stereocenters. The summed E-state index contributed by atoms with van der Waals surface area (Å²) in [7, 11) is 0. The summed E-state index contributed by atoms with van der Waals surface area (Å²) in [4.78, 5) is 13.1.